The second-order valence-electron chi connectivity index (χ2n) is 5.19. The Morgan fingerprint density at radius 1 is 1.42 bits per heavy atom. The Kier molecular flexibility index (Phi) is 10.6. The summed E-state index contributed by atoms with van der Waals surface area (Å²) in [4.78, 5) is 2.22. The van der Waals surface area contributed by atoms with E-state index in [1.165, 1.54) is 0 Å². The van der Waals surface area contributed by atoms with E-state index in [9.17, 15) is 0 Å². The smallest absolute Gasteiger partial charge is 0.405 e. The number of hydrogen-bond acceptors (Lipinski definition) is 3. The molecule has 1 aromatic heterocycles. The molecule has 0 unspecified atom stereocenters. The SMILES string of the molecule is [CH2-]/C=C(/N1CCOCC1)n1[c-]cc(C(/C=C\C)=C/C=C/CC)n1.[K+]. The molecule has 0 N–H and O–H groups in total. The van der Waals surface area contributed by atoms with Crippen LogP contribution in [0.15, 0.2) is 42.5 Å². The molecule has 1 aromatic rings. The minimum atomic E-state index is 0. The van der Waals surface area contributed by atoms with Crippen LogP contribution in [0.25, 0.3) is 11.4 Å². The van der Waals surface area contributed by atoms with E-state index in [0.29, 0.717) is 0 Å². The van der Waals surface area contributed by atoms with E-state index < -0.39 is 0 Å². The maximum Gasteiger partial charge on any atom is 1.00 e. The summed E-state index contributed by atoms with van der Waals surface area (Å²) >= 11 is 0. The molecule has 4 nitrogen and oxygen atoms in total. The molecule has 0 atom stereocenters. The van der Waals surface area contributed by atoms with Crippen molar-refractivity contribution in [1.29, 1.82) is 0 Å². The molecule has 1 fully saturated rings. The molecule has 1 aliphatic rings. The van der Waals surface area contributed by atoms with Gasteiger partial charge < -0.3 is 14.3 Å². The van der Waals surface area contributed by atoms with E-state index in [2.05, 4.69) is 54.3 Å². The average Bonchev–Trinajstić information content (AvgIpc) is 3.05. The van der Waals surface area contributed by atoms with Gasteiger partial charge in [-0.2, -0.15) is 6.08 Å². The number of allylic oxidation sites excluding steroid dienone is 7. The van der Waals surface area contributed by atoms with Crippen molar-refractivity contribution in [3.05, 3.63) is 61.3 Å². The van der Waals surface area contributed by atoms with Gasteiger partial charge in [0.1, 0.15) is 0 Å². The molecular weight excluding hydrogens is 325 g/mol. The maximum absolute atomic E-state index is 5.41. The fourth-order valence-corrected chi connectivity index (χ4v) is 2.40. The Morgan fingerprint density at radius 2 is 2.17 bits per heavy atom. The topological polar surface area (TPSA) is 30.3 Å². The largest absolute Gasteiger partial charge is 1.00 e. The minimum Gasteiger partial charge on any atom is -0.405 e. The minimum absolute atomic E-state index is 0. The zero-order chi connectivity index (χ0) is 16.5. The molecule has 124 valence electrons. The maximum atomic E-state index is 5.41. The van der Waals surface area contributed by atoms with E-state index in [-0.39, 0.29) is 51.4 Å². The summed E-state index contributed by atoms with van der Waals surface area (Å²) in [7, 11) is 0. The summed E-state index contributed by atoms with van der Waals surface area (Å²) in [5, 5.41) is 4.67. The van der Waals surface area contributed by atoms with Crippen molar-refractivity contribution < 1.29 is 56.1 Å². The van der Waals surface area contributed by atoms with Gasteiger partial charge in [-0.3, -0.25) is 5.10 Å². The molecule has 2 heterocycles. The number of nitrogens with zero attached hydrogens (tertiary/aromatic N) is 3. The van der Waals surface area contributed by atoms with Crippen molar-refractivity contribution in [3.8, 4) is 0 Å². The van der Waals surface area contributed by atoms with E-state index in [0.717, 1.165) is 49.8 Å². The first kappa shape index (κ1) is 21.5. The van der Waals surface area contributed by atoms with Gasteiger partial charge >= 0.3 is 51.4 Å². The number of ether oxygens (including phenoxy) is 1. The molecule has 2 rings (SSSR count). The van der Waals surface area contributed by atoms with Crippen molar-refractivity contribution in [2.45, 2.75) is 20.3 Å². The van der Waals surface area contributed by atoms with Crippen LogP contribution < -0.4 is 51.4 Å². The van der Waals surface area contributed by atoms with Crippen LogP contribution in [0.5, 0.6) is 0 Å². The Labute approximate surface area is 188 Å². The van der Waals surface area contributed by atoms with E-state index in [1.54, 1.807) is 4.68 Å². The number of hydrogen-bond donors (Lipinski definition) is 0. The van der Waals surface area contributed by atoms with Crippen LogP contribution in [0, 0.1) is 13.1 Å². The van der Waals surface area contributed by atoms with Gasteiger partial charge in [0.15, 0.2) is 0 Å². The molecule has 0 bridgehead atoms. The van der Waals surface area contributed by atoms with Gasteiger partial charge in [-0.15, -0.1) is 6.07 Å². The van der Waals surface area contributed by atoms with Crippen molar-refractivity contribution in [2.75, 3.05) is 26.3 Å². The third-order valence-electron chi connectivity index (χ3n) is 3.56. The first-order valence-electron chi connectivity index (χ1n) is 8.10. The van der Waals surface area contributed by atoms with Crippen LogP contribution in [-0.2, 0) is 4.74 Å². The predicted octanol–water partition coefficient (Wildman–Crippen LogP) is 0.578. The second kappa shape index (κ2) is 11.9. The summed E-state index contributed by atoms with van der Waals surface area (Å²) in [6.45, 7) is 11.2. The first-order chi connectivity index (χ1) is 11.3. The molecule has 0 saturated carbocycles. The van der Waals surface area contributed by atoms with Crippen LogP contribution in [0.3, 0.4) is 0 Å². The molecule has 24 heavy (non-hydrogen) atoms. The summed E-state index contributed by atoms with van der Waals surface area (Å²) in [6, 6.07) is 1.91. The Morgan fingerprint density at radius 3 is 2.79 bits per heavy atom. The molecular formula is C19H25KN3O-. The Hall–Kier alpha value is -0.564. The third kappa shape index (κ3) is 6.06. The quantitative estimate of drug-likeness (QED) is 0.427. The fourth-order valence-electron chi connectivity index (χ4n) is 2.40. The van der Waals surface area contributed by atoms with Crippen LogP contribution in [0.1, 0.15) is 26.0 Å². The zero-order valence-electron chi connectivity index (χ0n) is 15.0. The number of rotatable bonds is 6. The van der Waals surface area contributed by atoms with Gasteiger partial charge in [0.25, 0.3) is 0 Å². The molecule has 1 aliphatic heterocycles. The van der Waals surface area contributed by atoms with Crippen LogP contribution in [0.4, 0.5) is 0 Å². The van der Waals surface area contributed by atoms with Crippen LogP contribution in [-0.4, -0.2) is 41.0 Å². The van der Waals surface area contributed by atoms with E-state index >= 15 is 0 Å². The normalized spacial score (nSPS) is 16.8. The Bertz CT molecular complexity index is 608. The third-order valence-corrected chi connectivity index (χ3v) is 3.56. The summed E-state index contributed by atoms with van der Waals surface area (Å²) < 4.78 is 7.18. The standard InChI is InChI=1S/C19H25N3O.K/c1-4-7-8-10-17(9-5-2)18-11-12-22(20-18)19(6-3)21-13-15-23-16-14-21;/h5-11H,3-4,13-16H2,1-2H3;/q-2;+1/b8-7+,9-5-,17-10+,19-6-;. The predicted molar refractivity (Wildman–Crippen MR) is 95.3 cm³/mol. The van der Waals surface area contributed by atoms with Gasteiger partial charge in [0.05, 0.1) is 13.2 Å². The monoisotopic (exact) mass is 350 g/mol. The van der Waals surface area contributed by atoms with Crippen LogP contribution in [0.2, 0.25) is 0 Å². The molecule has 0 aromatic carbocycles. The molecule has 1 saturated heterocycles. The van der Waals surface area contributed by atoms with Gasteiger partial charge in [0.2, 0.25) is 0 Å². The van der Waals surface area contributed by atoms with Crippen molar-refractivity contribution in [2.24, 2.45) is 0 Å². The van der Waals surface area contributed by atoms with Gasteiger partial charge in [0, 0.05) is 18.9 Å². The van der Waals surface area contributed by atoms with Crippen molar-refractivity contribution in [3.63, 3.8) is 0 Å². The first-order valence-corrected chi connectivity index (χ1v) is 8.10. The molecule has 0 radical (unpaired) electrons. The fraction of sp³-hybridized carbons (Fsp3) is 0.368. The Balaban J connectivity index is 0.00000288. The molecule has 5 heteroatoms. The van der Waals surface area contributed by atoms with Crippen molar-refractivity contribution in [1.82, 2.24) is 14.7 Å². The van der Waals surface area contributed by atoms with Gasteiger partial charge in [-0.05, 0) is 19.0 Å². The van der Waals surface area contributed by atoms with Crippen LogP contribution >= 0.6 is 0 Å². The second-order valence-corrected chi connectivity index (χ2v) is 5.19. The van der Waals surface area contributed by atoms with Gasteiger partial charge in [-0.25, -0.2) is 6.92 Å². The summed E-state index contributed by atoms with van der Waals surface area (Å²) in [5.41, 5.74) is 1.97. The number of aromatic nitrogens is 2. The van der Waals surface area contributed by atoms with E-state index in [4.69, 9.17) is 4.74 Å². The average molecular weight is 351 g/mol. The van der Waals surface area contributed by atoms with Crippen molar-refractivity contribution >= 4 is 11.4 Å². The summed E-state index contributed by atoms with van der Waals surface area (Å²) in [6.07, 6.45) is 16.4. The van der Waals surface area contributed by atoms with E-state index in [1.807, 2.05) is 25.1 Å². The molecule has 0 amide bonds. The number of morpholine rings is 1. The molecule has 0 aliphatic carbocycles. The zero-order valence-corrected chi connectivity index (χ0v) is 18.2. The van der Waals surface area contributed by atoms with Gasteiger partial charge in [-0.1, -0.05) is 49.1 Å². The molecule has 0 spiro atoms. The summed E-state index contributed by atoms with van der Waals surface area (Å²) in [5.74, 6) is 0.948.